The Kier molecular flexibility index (Phi) is 4.56. The van der Waals surface area contributed by atoms with E-state index in [1.165, 1.54) is 60.5 Å². The van der Waals surface area contributed by atoms with Crippen molar-refractivity contribution in [3.05, 3.63) is 140 Å². The van der Waals surface area contributed by atoms with Gasteiger partial charge in [0.05, 0.1) is 0 Å². The zero-order valence-corrected chi connectivity index (χ0v) is 23.2. The molecule has 2 aliphatic heterocycles. The van der Waals surface area contributed by atoms with Gasteiger partial charge in [-0.2, -0.15) is 0 Å². The van der Waals surface area contributed by atoms with Gasteiger partial charge in [-0.1, -0.05) is 132 Å². The van der Waals surface area contributed by atoms with E-state index >= 15 is 0 Å². The summed E-state index contributed by atoms with van der Waals surface area (Å²) >= 11 is 0. The van der Waals surface area contributed by atoms with Crippen molar-refractivity contribution < 1.29 is 8.83 Å². The van der Waals surface area contributed by atoms with Crippen molar-refractivity contribution >= 4 is 45.0 Å². The third-order valence-electron chi connectivity index (χ3n) is 9.30. The molecule has 0 radical (unpaired) electrons. The molecule has 2 aromatic heterocycles. The van der Waals surface area contributed by atoms with Crippen LogP contribution in [0.3, 0.4) is 0 Å². The Hall–Kier alpha value is -5.54. The molecule has 8 aromatic rings. The summed E-state index contributed by atoms with van der Waals surface area (Å²) in [4.78, 5) is 0. The van der Waals surface area contributed by atoms with Gasteiger partial charge in [-0.3, -0.25) is 0 Å². The van der Waals surface area contributed by atoms with Gasteiger partial charge in [0, 0.05) is 33.0 Å². The second-order valence-electron chi connectivity index (χ2n) is 11.6. The Balaban J connectivity index is 1.41. The fraction of sp³-hybridized carbons (Fsp3) is 0. The Labute approximate surface area is 248 Å². The molecule has 0 spiro atoms. The zero-order valence-electron chi connectivity index (χ0n) is 23.2. The van der Waals surface area contributed by atoms with Crippen molar-refractivity contribution in [3.63, 3.8) is 0 Å². The second-order valence-corrected chi connectivity index (χ2v) is 11.6. The van der Waals surface area contributed by atoms with E-state index in [4.69, 9.17) is 8.83 Å². The zero-order chi connectivity index (χ0) is 28.1. The lowest BCUT2D eigenvalue weighted by Gasteiger charge is -2.32. The van der Waals surface area contributed by atoms with Crippen LogP contribution < -0.4 is 16.4 Å². The van der Waals surface area contributed by atoms with Crippen LogP contribution in [0.15, 0.2) is 148 Å². The highest BCUT2D eigenvalue weighted by Gasteiger charge is 2.42. The molecule has 2 aliphatic rings. The van der Waals surface area contributed by atoms with E-state index < -0.39 is 0 Å². The second kappa shape index (κ2) is 8.50. The highest BCUT2D eigenvalue weighted by molar-refractivity contribution is 7.01. The van der Waals surface area contributed by atoms with Gasteiger partial charge in [0.2, 0.25) is 6.71 Å². The van der Waals surface area contributed by atoms with Crippen molar-refractivity contribution in [1.82, 2.24) is 0 Å². The van der Waals surface area contributed by atoms with Crippen LogP contribution in [0.2, 0.25) is 0 Å². The fourth-order valence-corrected chi connectivity index (χ4v) is 7.58. The smallest absolute Gasteiger partial charge is 0.244 e. The maximum atomic E-state index is 6.76. The SMILES string of the molecule is c1ccc(-c2cc3c4c(c2)-c2c(-c5ccccc5)oc5cccc(c25)B4c2cccc4oc(-c5ccccc5)c-3c24)cc1. The molecule has 0 atom stereocenters. The van der Waals surface area contributed by atoms with Crippen LogP contribution in [0.4, 0.5) is 0 Å². The quantitative estimate of drug-likeness (QED) is 0.207. The first kappa shape index (κ1) is 23.1. The van der Waals surface area contributed by atoms with Crippen molar-refractivity contribution in [1.29, 1.82) is 0 Å². The lowest BCUT2D eigenvalue weighted by molar-refractivity contribution is 0.632. The van der Waals surface area contributed by atoms with Crippen LogP contribution in [0.5, 0.6) is 0 Å². The van der Waals surface area contributed by atoms with Crippen LogP contribution >= 0.6 is 0 Å². The van der Waals surface area contributed by atoms with Gasteiger partial charge in [-0.05, 0) is 46.5 Å². The number of benzene rings is 6. The van der Waals surface area contributed by atoms with Gasteiger partial charge in [0.15, 0.2) is 0 Å². The van der Waals surface area contributed by atoms with Crippen molar-refractivity contribution in [3.8, 4) is 56.0 Å². The van der Waals surface area contributed by atoms with Gasteiger partial charge in [0.1, 0.15) is 22.7 Å². The molecular weight excluding hydrogens is 523 g/mol. The minimum absolute atomic E-state index is 0.0738. The number of hydrogen-bond donors (Lipinski definition) is 0. The molecule has 0 fully saturated rings. The summed E-state index contributed by atoms with van der Waals surface area (Å²) in [5.41, 5.74) is 15.2. The summed E-state index contributed by atoms with van der Waals surface area (Å²) in [5.74, 6) is 1.85. The summed E-state index contributed by atoms with van der Waals surface area (Å²) in [6.07, 6.45) is 0. The Bertz CT molecular complexity index is 2230. The molecule has 4 heterocycles. The molecule has 10 rings (SSSR count). The number of hydrogen-bond acceptors (Lipinski definition) is 2. The van der Waals surface area contributed by atoms with E-state index in [2.05, 4.69) is 140 Å². The first-order valence-corrected chi connectivity index (χ1v) is 14.8. The molecule has 0 unspecified atom stereocenters. The van der Waals surface area contributed by atoms with E-state index in [0.29, 0.717) is 0 Å². The summed E-state index contributed by atoms with van der Waals surface area (Å²) in [6.45, 7) is 0.0738. The summed E-state index contributed by atoms with van der Waals surface area (Å²) in [5, 5.41) is 2.42. The minimum Gasteiger partial charge on any atom is -0.455 e. The summed E-state index contributed by atoms with van der Waals surface area (Å²) < 4.78 is 13.5. The molecule has 6 aromatic carbocycles. The van der Waals surface area contributed by atoms with Crippen LogP contribution in [-0.4, -0.2) is 6.71 Å². The highest BCUT2D eigenvalue weighted by Crippen LogP contribution is 2.48. The topological polar surface area (TPSA) is 26.3 Å². The molecule has 2 nitrogen and oxygen atoms in total. The Morgan fingerprint density at radius 3 is 1.30 bits per heavy atom. The van der Waals surface area contributed by atoms with Gasteiger partial charge >= 0.3 is 0 Å². The first-order valence-electron chi connectivity index (χ1n) is 14.8. The number of rotatable bonds is 3. The molecule has 0 amide bonds. The van der Waals surface area contributed by atoms with Gasteiger partial charge < -0.3 is 8.83 Å². The largest absolute Gasteiger partial charge is 0.455 e. The first-order chi connectivity index (χ1) is 21.3. The average molecular weight is 546 g/mol. The van der Waals surface area contributed by atoms with Gasteiger partial charge in [-0.15, -0.1) is 0 Å². The van der Waals surface area contributed by atoms with Crippen LogP contribution in [0.1, 0.15) is 0 Å². The molecule has 0 bridgehead atoms. The number of fused-ring (bicyclic) bond motifs is 4. The van der Waals surface area contributed by atoms with Gasteiger partial charge in [0.25, 0.3) is 0 Å². The molecule has 198 valence electrons. The normalized spacial score (nSPS) is 12.6. The monoisotopic (exact) mass is 546 g/mol. The highest BCUT2D eigenvalue weighted by atomic mass is 16.3. The van der Waals surface area contributed by atoms with E-state index in [0.717, 1.165) is 33.8 Å². The fourth-order valence-electron chi connectivity index (χ4n) is 7.58. The lowest BCUT2D eigenvalue weighted by atomic mass is 9.31. The van der Waals surface area contributed by atoms with E-state index in [-0.39, 0.29) is 6.71 Å². The molecule has 43 heavy (non-hydrogen) atoms. The maximum absolute atomic E-state index is 6.76. The molecular formula is C40H23BO2. The van der Waals surface area contributed by atoms with Crippen LogP contribution in [-0.2, 0) is 0 Å². The minimum atomic E-state index is 0.0738. The third-order valence-corrected chi connectivity index (χ3v) is 9.30. The van der Waals surface area contributed by atoms with Crippen molar-refractivity contribution in [2.24, 2.45) is 0 Å². The van der Waals surface area contributed by atoms with E-state index in [9.17, 15) is 0 Å². The van der Waals surface area contributed by atoms with Crippen LogP contribution in [0.25, 0.3) is 78.0 Å². The molecule has 0 N–H and O–H groups in total. The molecule has 3 heteroatoms. The van der Waals surface area contributed by atoms with Crippen molar-refractivity contribution in [2.45, 2.75) is 0 Å². The van der Waals surface area contributed by atoms with E-state index in [1.54, 1.807) is 0 Å². The van der Waals surface area contributed by atoms with Crippen LogP contribution in [0, 0.1) is 0 Å². The lowest BCUT2D eigenvalue weighted by Crippen LogP contribution is -2.57. The predicted molar refractivity (Wildman–Crippen MR) is 178 cm³/mol. The molecule has 0 saturated carbocycles. The molecule has 0 saturated heterocycles. The Morgan fingerprint density at radius 2 is 0.837 bits per heavy atom. The summed E-state index contributed by atoms with van der Waals surface area (Å²) in [7, 11) is 0. The van der Waals surface area contributed by atoms with Gasteiger partial charge in [-0.25, -0.2) is 0 Å². The summed E-state index contributed by atoms with van der Waals surface area (Å²) in [6, 6.07) is 49.6. The third kappa shape index (κ3) is 3.09. The maximum Gasteiger partial charge on any atom is 0.244 e. The Morgan fingerprint density at radius 1 is 0.395 bits per heavy atom. The average Bonchev–Trinajstić information content (AvgIpc) is 3.67. The standard InChI is InChI=1S/C40H23BO2/c1-4-12-24(13-5-1)27-22-28-34-36-30(18-10-20-32(36)42-39(34)25-14-6-2-7-15-25)41-31-19-11-21-33-37(31)35(29(23-27)38(28)41)40(43-33)26-16-8-3-9-17-26/h1-23H. The van der Waals surface area contributed by atoms with Crippen molar-refractivity contribution in [2.75, 3.05) is 0 Å². The molecule has 0 aliphatic carbocycles. The predicted octanol–water partition coefficient (Wildman–Crippen LogP) is 8.66. The van der Waals surface area contributed by atoms with E-state index in [1.807, 2.05) is 0 Å². The number of furan rings is 2.